The molecule has 0 aliphatic heterocycles. The molecule has 0 aliphatic rings. The molecule has 0 heterocycles. The van der Waals surface area contributed by atoms with Gasteiger partial charge in [-0.2, -0.15) is 0 Å². The molecule has 0 bridgehead atoms. The first-order valence-corrected chi connectivity index (χ1v) is 5.30. The Morgan fingerprint density at radius 3 is 2.65 bits per heavy atom. The summed E-state index contributed by atoms with van der Waals surface area (Å²) in [4.78, 5) is 10.9. The molecule has 0 aliphatic carbocycles. The largest absolute Gasteiger partial charge is 0.469 e. The zero-order valence-electron chi connectivity index (χ0n) is 9.17. The van der Waals surface area contributed by atoms with Crippen molar-refractivity contribution < 1.29 is 18.3 Å². The van der Waals surface area contributed by atoms with E-state index in [1.807, 2.05) is 0 Å². The third-order valence-corrected chi connectivity index (χ3v) is 2.65. The van der Waals surface area contributed by atoms with Crippen LogP contribution in [0.5, 0.6) is 0 Å². The summed E-state index contributed by atoms with van der Waals surface area (Å²) in [6, 6.07) is 1.17. The number of hydrogen-bond donors (Lipinski definition) is 1. The molecule has 1 aromatic rings. The minimum Gasteiger partial charge on any atom is -0.469 e. The Labute approximate surface area is 103 Å². The minimum absolute atomic E-state index is 0.0428. The molecule has 94 valence electrons. The van der Waals surface area contributed by atoms with Crippen LogP contribution in [0.3, 0.4) is 0 Å². The second-order valence-electron chi connectivity index (χ2n) is 3.51. The van der Waals surface area contributed by atoms with E-state index < -0.39 is 23.6 Å². The van der Waals surface area contributed by atoms with Gasteiger partial charge in [-0.25, -0.2) is 8.78 Å². The lowest BCUT2D eigenvalue weighted by Gasteiger charge is -2.13. The van der Waals surface area contributed by atoms with Gasteiger partial charge in [0.05, 0.1) is 7.11 Å². The van der Waals surface area contributed by atoms with E-state index in [0.29, 0.717) is 0 Å². The zero-order chi connectivity index (χ0) is 13.0. The molecule has 0 spiro atoms. The summed E-state index contributed by atoms with van der Waals surface area (Å²) >= 11 is 5.74. The summed E-state index contributed by atoms with van der Waals surface area (Å²) in [5.41, 5.74) is 6.01. The molecule has 1 aromatic carbocycles. The average Bonchev–Trinajstić information content (AvgIpc) is 2.30. The van der Waals surface area contributed by atoms with Gasteiger partial charge in [0.2, 0.25) is 0 Å². The molecule has 1 unspecified atom stereocenters. The first-order valence-electron chi connectivity index (χ1n) is 4.92. The Morgan fingerprint density at radius 1 is 1.47 bits per heavy atom. The van der Waals surface area contributed by atoms with Gasteiger partial charge in [0, 0.05) is 17.5 Å². The van der Waals surface area contributed by atoms with Crippen LogP contribution in [0, 0.1) is 11.6 Å². The summed E-state index contributed by atoms with van der Waals surface area (Å²) in [5, 5.41) is 0.0428. The van der Waals surface area contributed by atoms with Gasteiger partial charge < -0.3 is 10.5 Å². The highest BCUT2D eigenvalue weighted by Crippen LogP contribution is 2.26. The number of ether oxygens (including phenoxy) is 1. The maximum atomic E-state index is 13.0. The fourth-order valence-corrected chi connectivity index (χ4v) is 1.64. The number of hydrogen-bond acceptors (Lipinski definition) is 3. The molecule has 3 nitrogen and oxygen atoms in total. The van der Waals surface area contributed by atoms with Gasteiger partial charge in [0.25, 0.3) is 0 Å². The molecule has 6 heteroatoms. The van der Waals surface area contributed by atoms with Crippen LogP contribution in [0.15, 0.2) is 12.1 Å². The molecule has 1 atom stereocenters. The molecule has 0 radical (unpaired) electrons. The molecule has 1 rings (SSSR count). The van der Waals surface area contributed by atoms with Crippen LogP contribution in [0.4, 0.5) is 8.78 Å². The summed E-state index contributed by atoms with van der Waals surface area (Å²) in [6.07, 6.45) is 0.338. The van der Waals surface area contributed by atoms with Crippen molar-refractivity contribution in [3.8, 4) is 0 Å². The Balaban J connectivity index is 2.78. The van der Waals surface area contributed by atoms with Crippen molar-refractivity contribution in [2.75, 3.05) is 7.11 Å². The van der Waals surface area contributed by atoms with E-state index >= 15 is 0 Å². The van der Waals surface area contributed by atoms with Gasteiger partial charge in [-0.05, 0) is 24.1 Å². The molecule has 17 heavy (non-hydrogen) atoms. The molecule has 0 saturated carbocycles. The van der Waals surface area contributed by atoms with E-state index in [4.69, 9.17) is 17.3 Å². The van der Waals surface area contributed by atoms with Crippen molar-refractivity contribution >= 4 is 17.6 Å². The minimum atomic E-state index is -1.03. The van der Waals surface area contributed by atoms with Gasteiger partial charge in [-0.1, -0.05) is 11.6 Å². The highest BCUT2D eigenvalue weighted by atomic mass is 35.5. The van der Waals surface area contributed by atoms with Crippen molar-refractivity contribution in [2.24, 2.45) is 5.73 Å². The number of benzene rings is 1. The topological polar surface area (TPSA) is 52.3 Å². The average molecular weight is 264 g/mol. The quantitative estimate of drug-likeness (QED) is 0.671. The van der Waals surface area contributed by atoms with Crippen LogP contribution in [0.25, 0.3) is 0 Å². The number of esters is 1. The Hall–Kier alpha value is -1.20. The lowest BCUT2D eigenvalue weighted by Crippen LogP contribution is -2.14. The molecular weight excluding hydrogens is 252 g/mol. The Morgan fingerprint density at radius 2 is 2.06 bits per heavy atom. The van der Waals surface area contributed by atoms with E-state index in [1.165, 1.54) is 7.11 Å². The van der Waals surface area contributed by atoms with Crippen molar-refractivity contribution in [2.45, 2.75) is 18.9 Å². The number of carbonyl (C=O) groups excluding carboxylic acids is 1. The molecule has 0 amide bonds. The molecule has 0 saturated heterocycles. The highest BCUT2D eigenvalue weighted by molar-refractivity contribution is 6.31. The predicted molar refractivity (Wildman–Crippen MR) is 59.5 cm³/mol. The maximum Gasteiger partial charge on any atom is 0.305 e. The van der Waals surface area contributed by atoms with Gasteiger partial charge in [-0.15, -0.1) is 0 Å². The van der Waals surface area contributed by atoms with Gasteiger partial charge >= 0.3 is 5.97 Å². The number of carbonyl (C=O) groups is 1. The normalized spacial score (nSPS) is 12.3. The van der Waals surface area contributed by atoms with E-state index in [0.717, 1.165) is 12.1 Å². The standard InChI is InChI=1S/C11H12ClF2NO2/c1-17-11(16)3-2-10(15)6-4-8(13)9(14)5-7(6)12/h4-5,10H,2-3,15H2,1H3. The lowest BCUT2D eigenvalue weighted by atomic mass is 10.0. The fraction of sp³-hybridized carbons (Fsp3) is 0.364. The van der Waals surface area contributed by atoms with Gasteiger partial charge in [-0.3, -0.25) is 4.79 Å². The van der Waals surface area contributed by atoms with Gasteiger partial charge in [0.15, 0.2) is 11.6 Å². The predicted octanol–water partition coefficient (Wildman–Crippen LogP) is 2.57. The van der Waals surface area contributed by atoms with Crippen LogP contribution in [-0.4, -0.2) is 13.1 Å². The first kappa shape index (κ1) is 13.9. The molecule has 0 aromatic heterocycles. The number of halogens is 3. The Bertz CT molecular complexity index is 426. The maximum absolute atomic E-state index is 13.0. The van der Waals surface area contributed by atoms with Crippen LogP contribution in [-0.2, 0) is 9.53 Å². The van der Waals surface area contributed by atoms with Crippen LogP contribution in [0.2, 0.25) is 5.02 Å². The van der Waals surface area contributed by atoms with E-state index in [-0.39, 0.29) is 23.4 Å². The van der Waals surface area contributed by atoms with E-state index in [2.05, 4.69) is 4.74 Å². The van der Waals surface area contributed by atoms with Crippen molar-refractivity contribution in [1.29, 1.82) is 0 Å². The molecule has 0 fully saturated rings. The summed E-state index contributed by atoms with van der Waals surface area (Å²) in [7, 11) is 1.26. The number of nitrogens with two attached hydrogens (primary N) is 1. The monoisotopic (exact) mass is 263 g/mol. The second kappa shape index (κ2) is 5.93. The number of methoxy groups -OCH3 is 1. The third-order valence-electron chi connectivity index (χ3n) is 2.33. The summed E-state index contributed by atoms with van der Waals surface area (Å²) < 4.78 is 30.3. The first-order chi connectivity index (χ1) is 7.95. The zero-order valence-corrected chi connectivity index (χ0v) is 9.93. The SMILES string of the molecule is COC(=O)CCC(N)c1cc(F)c(F)cc1Cl. The van der Waals surface area contributed by atoms with Crippen LogP contribution < -0.4 is 5.73 Å². The smallest absolute Gasteiger partial charge is 0.305 e. The van der Waals surface area contributed by atoms with E-state index in [1.54, 1.807) is 0 Å². The van der Waals surface area contributed by atoms with Crippen LogP contribution in [0.1, 0.15) is 24.4 Å². The van der Waals surface area contributed by atoms with Crippen molar-refractivity contribution in [3.63, 3.8) is 0 Å². The second-order valence-corrected chi connectivity index (χ2v) is 3.92. The van der Waals surface area contributed by atoms with Crippen molar-refractivity contribution in [3.05, 3.63) is 34.4 Å². The number of rotatable bonds is 4. The van der Waals surface area contributed by atoms with Crippen molar-refractivity contribution in [1.82, 2.24) is 0 Å². The third kappa shape index (κ3) is 3.64. The lowest BCUT2D eigenvalue weighted by molar-refractivity contribution is -0.140. The fourth-order valence-electron chi connectivity index (χ4n) is 1.35. The molecule has 2 N–H and O–H groups in total. The van der Waals surface area contributed by atoms with Gasteiger partial charge in [0.1, 0.15) is 0 Å². The summed E-state index contributed by atoms with van der Waals surface area (Å²) in [5.74, 6) is -2.46. The highest BCUT2D eigenvalue weighted by Gasteiger charge is 2.15. The molecular formula is C11H12ClF2NO2. The summed E-state index contributed by atoms with van der Waals surface area (Å²) in [6.45, 7) is 0. The van der Waals surface area contributed by atoms with E-state index in [9.17, 15) is 13.6 Å². The van der Waals surface area contributed by atoms with Crippen LogP contribution >= 0.6 is 11.6 Å². The Kier molecular flexibility index (Phi) is 4.84.